The molecule has 1 aliphatic rings. The second-order valence-corrected chi connectivity index (χ2v) is 13.8. The van der Waals surface area contributed by atoms with Gasteiger partial charge < -0.3 is 23.9 Å². The summed E-state index contributed by atoms with van der Waals surface area (Å²) in [6.07, 6.45) is 5.22. The standard InChI is InChI=1S/C39H37Cl2N5O4/c1-21-16-26(17-22(2)35(21)41)50-15-6-8-28-29-9-10-31(40)34(33-23(3)42-20-43-24(33)4)36(29)46-13-7-12-45(38(47)37(28)46)25-18-30(39(48)49)27-11-14-44(5)32(27)19-25/h9-11,14,16-20H,6-8,12-13,15H2,1-5H3,(H,48,49). The van der Waals surface area contributed by atoms with Crippen molar-refractivity contribution in [3.8, 4) is 16.9 Å². The number of hydrogen-bond acceptors (Lipinski definition) is 5. The molecular formula is C39H37Cl2N5O4. The van der Waals surface area contributed by atoms with Crippen LogP contribution in [-0.4, -0.2) is 49.2 Å². The summed E-state index contributed by atoms with van der Waals surface area (Å²) in [6, 6.07) is 13.1. The van der Waals surface area contributed by atoms with Gasteiger partial charge in [0.15, 0.2) is 0 Å². The molecule has 0 radical (unpaired) electrons. The van der Waals surface area contributed by atoms with E-state index in [1.165, 1.54) is 0 Å². The Morgan fingerprint density at radius 3 is 2.36 bits per heavy atom. The van der Waals surface area contributed by atoms with E-state index < -0.39 is 5.97 Å². The number of hydrogen-bond donors (Lipinski definition) is 1. The van der Waals surface area contributed by atoms with Gasteiger partial charge in [-0.05, 0) is 100 Å². The number of aromatic carboxylic acids is 1. The number of carboxylic acid groups (broad SMARTS) is 1. The van der Waals surface area contributed by atoms with Gasteiger partial charge in [-0.3, -0.25) is 4.79 Å². The molecule has 0 atom stereocenters. The number of anilines is 1. The average Bonchev–Trinajstić information content (AvgIpc) is 3.54. The first kappa shape index (κ1) is 33.6. The van der Waals surface area contributed by atoms with Crippen LogP contribution in [0.5, 0.6) is 5.75 Å². The fraction of sp³-hybridized carbons (Fsp3) is 0.282. The Bertz CT molecular complexity index is 2320. The maximum absolute atomic E-state index is 14.9. The molecule has 7 rings (SSSR count). The highest BCUT2D eigenvalue weighted by Gasteiger charge is 2.33. The van der Waals surface area contributed by atoms with Gasteiger partial charge in [0.05, 0.1) is 28.2 Å². The van der Waals surface area contributed by atoms with E-state index in [2.05, 4.69) is 14.5 Å². The zero-order chi connectivity index (χ0) is 35.4. The molecule has 11 heteroatoms. The molecule has 3 aromatic heterocycles. The Hall–Kier alpha value is -4.86. The minimum absolute atomic E-state index is 0.157. The maximum Gasteiger partial charge on any atom is 0.336 e. The predicted molar refractivity (Wildman–Crippen MR) is 198 cm³/mol. The number of rotatable bonds is 8. The molecule has 0 bridgehead atoms. The molecule has 0 saturated heterocycles. The van der Waals surface area contributed by atoms with Gasteiger partial charge in [0.25, 0.3) is 5.91 Å². The molecule has 4 heterocycles. The van der Waals surface area contributed by atoms with Crippen molar-refractivity contribution in [3.63, 3.8) is 0 Å². The third-order valence-corrected chi connectivity index (χ3v) is 10.7. The summed E-state index contributed by atoms with van der Waals surface area (Å²) in [4.78, 5) is 38.0. The maximum atomic E-state index is 14.9. The minimum Gasteiger partial charge on any atom is -0.494 e. The van der Waals surface area contributed by atoms with Gasteiger partial charge in [-0.15, -0.1) is 0 Å². The lowest BCUT2D eigenvalue weighted by atomic mass is 9.97. The van der Waals surface area contributed by atoms with Crippen LogP contribution in [0, 0.1) is 27.7 Å². The number of fused-ring (bicyclic) bond motifs is 4. The predicted octanol–water partition coefficient (Wildman–Crippen LogP) is 8.89. The Labute approximate surface area is 300 Å². The van der Waals surface area contributed by atoms with Crippen molar-refractivity contribution in [2.45, 2.75) is 53.5 Å². The molecule has 0 saturated carbocycles. The summed E-state index contributed by atoms with van der Waals surface area (Å²) in [5.74, 6) is -0.480. The van der Waals surface area contributed by atoms with Gasteiger partial charge >= 0.3 is 5.97 Å². The van der Waals surface area contributed by atoms with Gasteiger partial charge in [-0.2, -0.15) is 0 Å². The van der Waals surface area contributed by atoms with Gasteiger partial charge in [0.1, 0.15) is 17.8 Å². The molecule has 6 aromatic rings. The summed E-state index contributed by atoms with van der Waals surface area (Å²) in [7, 11) is 1.87. The lowest BCUT2D eigenvalue weighted by molar-refractivity contribution is 0.0698. The van der Waals surface area contributed by atoms with Crippen LogP contribution in [0.3, 0.4) is 0 Å². The SMILES string of the molecule is Cc1cc(OCCCc2c3n(c4c(-c5c(C)ncnc5C)c(Cl)ccc24)CCCN(c2cc(C(=O)O)c4ccn(C)c4c2)C3=O)cc(C)c1Cl. The van der Waals surface area contributed by atoms with Gasteiger partial charge in [0, 0.05) is 70.3 Å². The molecule has 256 valence electrons. The largest absolute Gasteiger partial charge is 0.494 e. The van der Waals surface area contributed by atoms with Crippen molar-refractivity contribution in [3.05, 3.63) is 104 Å². The molecule has 3 aromatic carbocycles. The van der Waals surface area contributed by atoms with Crippen LogP contribution in [0.25, 0.3) is 32.9 Å². The van der Waals surface area contributed by atoms with Crippen molar-refractivity contribution in [1.82, 2.24) is 19.1 Å². The summed E-state index contributed by atoms with van der Waals surface area (Å²) < 4.78 is 10.2. The third kappa shape index (κ3) is 5.68. The summed E-state index contributed by atoms with van der Waals surface area (Å²) in [5, 5.41) is 13.0. The highest BCUT2D eigenvalue weighted by atomic mass is 35.5. The zero-order valence-electron chi connectivity index (χ0n) is 28.6. The number of halogens is 2. The first-order chi connectivity index (χ1) is 24.0. The summed E-state index contributed by atoms with van der Waals surface area (Å²) >= 11 is 13.4. The van der Waals surface area contributed by atoms with Crippen molar-refractivity contribution >= 4 is 62.6 Å². The van der Waals surface area contributed by atoms with Crippen LogP contribution < -0.4 is 9.64 Å². The van der Waals surface area contributed by atoms with Gasteiger partial charge in [-0.1, -0.05) is 29.3 Å². The van der Waals surface area contributed by atoms with E-state index in [1.807, 2.05) is 75.8 Å². The summed E-state index contributed by atoms with van der Waals surface area (Å²) in [6.45, 7) is 9.21. The molecular weight excluding hydrogens is 673 g/mol. The van der Waals surface area contributed by atoms with Crippen LogP contribution >= 0.6 is 23.2 Å². The summed E-state index contributed by atoms with van der Waals surface area (Å²) in [5.41, 5.74) is 8.92. The van der Waals surface area contributed by atoms with E-state index in [4.69, 9.17) is 27.9 Å². The number of carbonyl (C=O) groups excluding carboxylic acids is 1. The fourth-order valence-electron chi connectivity index (χ4n) is 7.39. The molecule has 9 nitrogen and oxygen atoms in total. The average molecular weight is 711 g/mol. The first-order valence-electron chi connectivity index (χ1n) is 16.6. The minimum atomic E-state index is -1.04. The lowest BCUT2D eigenvalue weighted by Gasteiger charge is -2.22. The number of aryl methyl sites for hydroxylation is 7. The monoisotopic (exact) mass is 709 g/mol. The number of carboxylic acids is 1. The molecule has 1 amide bonds. The van der Waals surface area contributed by atoms with Gasteiger partial charge in [0.2, 0.25) is 0 Å². The normalized spacial score (nSPS) is 13.3. The molecule has 0 spiro atoms. The van der Waals surface area contributed by atoms with Crippen LogP contribution in [0.1, 0.15) is 61.8 Å². The smallest absolute Gasteiger partial charge is 0.336 e. The fourth-order valence-corrected chi connectivity index (χ4v) is 7.74. The van der Waals surface area contributed by atoms with Crippen LogP contribution in [0.4, 0.5) is 5.69 Å². The Morgan fingerprint density at radius 2 is 1.66 bits per heavy atom. The van der Waals surface area contributed by atoms with Crippen molar-refractivity contribution in [1.29, 1.82) is 0 Å². The molecule has 0 fully saturated rings. The van der Waals surface area contributed by atoms with Crippen LogP contribution in [0.15, 0.2) is 55.0 Å². The number of amides is 1. The van der Waals surface area contributed by atoms with E-state index in [-0.39, 0.29) is 11.5 Å². The quantitative estimate of drug-likeness (QED) is 0.158. The van der Waals surface area contributed by atoms with Crippen molar-refractivity contribution in [2.75, 3.05) is 18.1 Å². The number of ether oxygens (including phenoxy) is 1. The number of carbonyl (C=O) groups is 2. The van der Waals surface area contributed by atoms with Crippen LogP contribution in [-0.2, 0) is 20.0 Å². The molecule has 0 unspecified atom stereocenters. The Balaban J connectivity index is 1.37. The highest BCUT2D eigenvalue weighted by Crippen LogP contribution is 2.43. The number of nitrogens with zero attached hydrogens (tertiary/aromatic N) is 5. The number of benzene rings is 3. The van der Waals surface area contributed by atoms with Gasteiger partial charge in [-0.25, -0.2) is 14.8 Å². The second kappa shape index (κ2) is 13.1. The van der Waals surface area contributed by atoms with E-state index in [0.717, 1.165) is 66.4 Å². The van der Waals surface area contributed by atoms with E-state index in [0.29, 0.717) is 60.7 Å². The van der Waals surface area contributed by atoms with Crippen molar-refractivity contribution in [2.24, 2.45) is 7.05 Å². The van der Waals surface area contributed by atoms with E-state index in [9.17, 15) is 14.7 Å². The lowest BCUT2D eigenvalue weighted by Crippen LogP contribution is -2.32. The Kier molecular flexibility index (Phi) is 8.82. The van der Waals surface area contributed by atoms with Crippen LogP contribution in [0.2, 0.25) is 10.0 Å². The zero-order valence-corrected chi connectivity index (χ0v) is 30.1. The molecule has 1 aliphatic heterocycles. The van der Waals surface area contributed by atoms with E-state index >= 15 is 0 Å². The third-order valence-electron chi connectivity index (χ3n) is 9.75. The topological polar surface area (TPSA) is 102 Å². The van der Waals surface area contributed by atoms with Crippen molar-refractivity contribution < 1.29 is 19.4 Å². The Morgan fingerprint density at radius 1 is 0.940 bits per heavy atom. The molecule has 50 heavy (non-hydrogen) atoms. The highest BCUT2D eigenvalue weighted by molar-refractivity contribution is 6.35. The number of aromatic nitrogens is 4. The second-order valence-electron chi connectivity index (χ2n) is 13.0. The van der Waals surface area contributed by atoms with E-state index in [1.54, 1.807) is 23.4 Å². The molecule has 0 aliphatic carbocycles. The molecule has 1 N–H and O–H groups in total. The first-order valence-corrected chi connectivity index (χ1v) is 17.4.